The van der Waals surface area contributed by atoms with Crippen molar-refractivity contribution in [2.24, 2.45) is 0 Å². The molecule has 0 bridgehead atoms. The molecule has 1 fully saturated rings. The van der Waals surface area contributed by atoms with E-state index in [-0.39, 0.29) is 6.04 Å². The zero-order chi connectivity index (χ0) is 13.0. The number of hydrogen-bond donors (Lipinski definition) is 2. The largest absolute Gasteiger partial charge is 0.497 e. The number of benzene rings is 1. The van der Waals surface area contributed by atoms with Gasteiger partial charge in [-0.2, -0.15) is 0 Å². The van der Waals surface area contributed by atoms with Gasteiger partial charge in [0.1, 0.15) is 5.75 Å². The fraction of sp³-hybridized carbons (Fsp3) is 0.571. The minimum absolute atomic E-state index is 0.135. The summed E-state index contributed by atoms with van der Waals surface area (Å²) in [5.41, 5.74) is 0.897. The van der Waals surface area contributed by atoms with E-state index < -0.39 is 6.10 Å². The molecule has 3 nitrogen and oxygen atoms in total. The van der Waals surface area contributed by atoms with Crippen LogP contribution in [-0.2, 0) is 0 Å². The number of methoxy groups -OCH3 is 1. The van der Waals surface area contributed by atoms with Gasteiger partial charge in [0.15, 0.2) is 0 Å². The Morgan fingerprint density at radius 2 is 2.22 bits per heavy atom. The van der Waals surface area contributed by atoms with Crippen molar-refractivity contribution in [1.82, 2.24) is 5.32 Å². The van der Waals surface area contributed by atoms with Crippen LogP contribution in [0.5, 0.6) is 5.75 Å². The van der Waals surface area contributed by atoms with Crippen molar-refractivity contribution in [3.05, 3.63) is 28.2 Å². The number of rotatable bonds is 3. The lowest BCUT2D eigenvalue weighted by Crippen LogP contribution is -2.34. The third-order valence-corrected chi connectivity index (χ3v) is 4.22. The summed E-state index contributed by atoms with van der Waals surface area (Å²) in [6, 6.07) is 5.85. The Hall–Kier alpha value is -0.580. The lowest BCUT2D eigenvalue weighted by molar-refractivity contribution is 0.125. The highest BCUT2D eigenvalue weighted by Crippen LogP contribution is 2.31. The van der Waals surface area contributed by atoms with E-state index in [9.17, 15) is 5.11 Å². The molecule has 0 aromatic heterocycles. The number of nitrogens with one attached hydrogen (secondary N) is 1. The van der Waals surface area contributed by atoms with Crippen LogP contribution in [0.15, 0.2) is 22.7 Å². The molecule has 2 unspecified atom stereocenters. The lowest BCUT2D eigenvalue weighted by atomic mass is 9.98. The number of ether oxygens (including phenoxy) is 1. The van der Waals surface area contributed by atoms with Gasteiger partial charge < -0.3 is 15.2 Å². The molecule has 1 heterocycles. The summed E-state index contributed by atoms with van der Waals surface area (Å²) < 4.78 is 6.15. The summed E-state index contributed by atoms with van der Waals surface area (Å²) >= 11 is 3.50. The molecule has 0 amide bonds. The average Bonchev–Trinajstić information content (AvgIpc) is 2.67. The van der Waals surface area contributed by atoms with Crippen molar-refractivity contribution in [2.75, 3.05) is 13.7 Å². The molecule has 2 atom stereocenters. The molecule has 0 spiro atoms. The van der Waals surface area contributed by atoms with E-state index >= 15 is 0 Å². The van der Waals surface area contributed by atoms with Gasteiger partial charge in [0.05, 0.1) is 13.2 Å². The highest BCUT2D eigenvalue weighted by atomic mass is 79.9. The maximum absolute atomic E-state index is 10.5. The Kier molecular flexibility index (Phi) is 5.03. The van der Waals surface area contributed by atoms with Crippen LogP contribution in [-0.4, -0.2) is 24.8 Å². The van der Waals surface area contributed by atoms with Crippen LogP contribution in [0.3, 0.4) is 0 Å². The molecule has 0 aliphatic carbocycles. The van der Waals surface area contributed by atoms with Gasteiger partial charge in [-0.3, -0.25) is 0 Å². The Labute approximate surface area is 117 Å². The Morgan fingerprint density at radius 1 is 1.39 bits per heavy atom. The van der Waals surface area contributed by atoms with Crippen LogP contribution >= 0.6 is 15.9 Å². The quantitative estimate of drug-likeness (QED) is 0.901. The van der Waals surface area contributed by atoms with E-state index in [1.165, 1.54) is 19.3 Å². The van der Waals surface area contributed by atoms with Gasteiger partial charge in [0, 0.05) is 10.5 Å². The average molecular weight is 314 g/mol. The number of hydrogen-bond acceptors (Lipinski definition) is 3. The van der Waals surface area contributed by atoms with E-state index in [2.05, 4.69) is 21.2 Å². The fourth-order valence-electron chi connectivity index (χ4n) is 2.42. The van der Waals surface area contributed by atoms with Crippen molar-refractivity contribution in [3.8, 4) is 5.75 Å². The van der Waals surface area contributed by atoms with Crippen molar-refractivity contribution < 1.29 is 9.84 Å². The van der Waals surface area contributed by atoms with Crippen LogP contribution in [0.1, 0.15) is 37.4 Å². The van der Waals surface area contributed by atoms with Gasteiger partial charge in [-0.1, -0.05) is 28.8 Å². The zero-order valence-electron chi connectivity index (χ0n) is 10.7. The first-order valence-electron chi connectivity index (χ1n) is 6.47. The molecule has 0 radical (unpaired) electrons. The topological polar surface area (TPSA) is 41.5 Å². The van der Waals surface area contributed by atoms with Gasteiger partial charge in [-0.15, -0.1) is 0 Å². The molecule has 1 aromatic carbocycles. The first kappa shape index (κ1) is 13.8. The van der Waals surface area contributed by atoms with Crippen LogP contribution in [0.2, 0.25) is 0 Å². The lowest BCUT2D eigenvalue weighted by Gasteiger charge is -2.24. The highest BCUT2D eigenvalue weighted by Gasteiger charge is 2.23. The van der Waals surface area contributed by atoms with E-state index in [0.29, 0.717) is 0 Å². The van der Waals surface area contributed by atoms with Crippen LogP contribution < -0.4 is 10.1 Å². The number of aliphatic hydroxyl groups is 1. The molecule has 18 heavy (non-hydrogen) atoms. The summed E-state index contributed by atoms with van der Waals surface area (Å²) in [6.07, 6.45) is 4.15. The Morgan fingerprint density at radius 3 is 3.00 bits per heavy atom. The van der Waals surface area contributed by atoms with Gasteiger partial charge in [0.25, 0.3) is 0 Å². The molecule has 1 aliphatic heterocycles. The maximum atomic E-state index is 10.5. The molecule has 2 N–H and O–H groups in total. The highest BCUT2D eigenvalue weighted by molar-refractivity contribution is 9.10. The molecular formula is C14H20BrNO2. The first-order valence-corrected chi connectivity index (χ1v) is 7.26. The summed E-state index contributed by atoms with van der Waals surface area (Å²) in [7, 11) is 1.64. The van der Waals surface area contributed by atoms with E-state index in [4.69, 9.17) is 4.74 Å². The van der Waals surface area contributed by atoms with Crippen LogP contribution in [0.4, 0.5) is 0 Å². The van der Waals surface area contributed by atoms with Crippen molar-refractivity contribution >= 4 is 15.9 Å². The van der Waals surface area contributed by atoms with Gasteiger partial charge in [-0.25, -0.2) is 0 Å². The third kappa shape index (κ3) is 3.25. The van der Waals surface area contributed by atoms with Gasteiger partial charge in [-0.05, 0) is 43.1 Å². The van der Waals surface area contributed by atoms with E-state index in [0.717, 1.165) is 28.8 Å². The molecule has 1 aliphatic rings. The fourth-order valence-corrected chi connectivity index (χ4v) is 2.90. The maximum Gasteiger partial charge on any atom is 0.119 e. The van der Waals surface area contributed by atoms with E-state index in [1.54, 1.807) is 7.11 Å². The monoisotopic (exact) mass is 313 g/mol. The third-order valence-electron chi connectivity index (χ3n) is 3.50. The standard InChI is InChI=1S/C14H20BrNO2/c1-18-10-6-7-12(15)11(9-10)14(17)13-5-3-2-4-8-16-13/h6-7,9,13-14,16-17H,2-5,8H2,1H3. The van der Waals surface area contributed by atoms with Gasteiger partial charge in [0.2, 0.25) is 0 Å². The summed E-state index contributed by atoms with van der Waals surface area (Å²) in [5.74, 6) is 0.779. The molecule has 2 rings (SSSR count). The summed E-state index contributed by atoms with van der Waals surface area (Å²) in [6.45, 7) is 0.989. The normalized spacial score (nSPS) is 22.3. The number of aliphatic hydroxyl groups excluding tert-OH is 1. The second kappa shape index (κ2) is 6.55. The number of halogens is 1. The minimum atomic E-state index is -0.493. The summed E-state index contributed by atoms with van der Waals surface area (Å²) in [5, 5.41) is 14.0. The second-order valence-corrected chi connectivity index (χ2v) is 5.60. The summed E-state index contributed by atoms with van der Waals surface area (Å²) in [4.78, 5) is 0. The molecule has 1 aromatic rings. The van der Waals surface area contributed by atoms with Crippen LogP contribution in [0, 0.1) is 0 Å². The van der Waals surface area contributed by atoms with Crippen molar-refractivity contribution in [2.45, 2.75) is 37.8 Å². The smallest absolute Gasteiger partial charge is 0.119 e. The SMILES string of the molecule is COc1ccc(Br)c(C(O)C2CCCCCN2)c1. The minimum Gasteiger partial charge on any atom is -0.497 e. The first-order chi connectivity index (χ1) is 8.72. The van der Waals surface area contributed by atoms with Crippen molar-refractivity contribution in [1.29, 1.82) is 0 Å². The molecule has 0 saturated carbocycles. The van der Waals surface area contributed by atoms with Crippen LogP contribution in [0.25, 0.3) is 0 Å². The van der Waals surface area contributed by atoms with Gasteiger partial charge >= 0.3 is 0 Å². The molecule has 100 valence electrons. The molecular weight excluding hydrogens is 294 g/mol. The Bertz CT molecular complexity index is 389. The molecule has 4 heteroatoms. The predicted octanol–water partition coefficient (Wildman–Crippen LogP) is 3.02. The van der Waals surface area contributed by atoms with Crippen molar-refractivity contribution in [3.63, 3.8) is 0 Å². The predicted molar refractivity (Wildman–Crippen MR) is 75.9 cm³/mol. The zero-order valence-corrected chi connectivity index (χ0v) is 12.2. The molecule has 1 saturated heterocycles. The second-order valence-electron chi connectivity index (χ2n) is 4.74. The van der Waals surface area contributed by atoms with E-state index in [1.807, 2.05) is 18.2 Å². The Balaban J connectivity index is 2.18.